The van der Waals surface area contributed by atoms with Gasteiger partial charge in [-0.2, -0.15) is 11.1 Å². The van der Waals surface area contributed by atoms with Crippen molar-refractivity contribution in [3.63, 3.8) is 0 Å². The molecule has 0 radical (unpaired) electrons. The Labute approximate surface area is 74.3 Å². The summed E-state index contributed by atoms with van der Waals surface area (Å²) in [4.78, 5) is 0. The van der Waals surface area contributed by atoms with Gasteiger partial charge in [0, 0.05) is 0 Å². The number of rotatable bonds is 1. The minimum atomic E-state index is -1.35. The van der Waals surface area contributed by atoms with Crippen LogP contribution < -0.4 is 0 Å². The topological polar surface area (TPSA) is 0 Å². The van der Waals surface area contributed by atoms with Gasteiger partial charge in [-0.3, -0.25) is 0 Å². The molecule has 0 aromatic carbocycles. The molecule has 2 heteroatoms. The molecule has 2 aliphatic carbocycles. The maximum Gasteiger partial charge on any atom is 0.154 e. The van der Waals surface area contributed by atoms with Crippen LogP contribution in [0.5, 0.6) is 0 Å². The Bertz CT molecular complexity index is 202. The lowest BCUT2D eigenvalue weighted by Crippen LogP contribution is -2.28. The first-order chi connectivity index (χ1) is 5.07. The summed E-state index contributed by atoms with van der Waals surface area (Å²) in [6.07, 6.45) is 6.45. The van der Waals surface area contributed by atoms with Crippen molar-refractivity contribution in [3.8, 4) is 0 Å². The second-order valence-corrected chi connectivity index (χ2v) is 11.2. The monoisotopic (exact) mass is 186 g/mol. The maximum absolute atomic E-state index is 6.45. The third-order valence-electron chi connectivity index (χ3n) is 3.17. The van der Waals surface area contributed by atoms with Gasteiger partial charge >= 0.3 is 0 Å². The van der Waals surface area contributed by atoms with Crippen LogP contribution in [0.25, 0.3) is 0 Å². The quantitative estimate of drug-likeness (QED) is 0.334. The number of hydrogen-bond donors (Lipinski definition) is 0. The summed E-state index contributed by atoms with van der Waals surface area (Å²) >= 11 is 6.45. The summed E-state index contributed by atoms with van der Waals surface area (Å²) in [7, 11) is -1.35. The Balaban J connectivity index is 2.15. The van der Waals surface area contributed by atoms with Gasteiger partial charge in [0.05, 0.1) is 0 Å². The molecule has 1 saturated carbocycles. The van der Waals surface area contributed by atoms with E-state index in [2.05, 4.69) is 19.2 Å². The molecule has 2 unspecified atom stereocenters. The zero-order valence-corrected chi connectivity index (χ0v) is 8.99. The van der Waals surface area contributed by atoms with Crippen molar-refractivity contribution in [3.05, 3.63) is 11.6 Å². The molecule has 0 amide bonds. The Morgan fingerprint density at radius 3 is 2.45 bits per heavy atom. The van der Waals surface area contributed by atoms with Crippen LogP contribution in [0.2, 0.25) is 18.6 Å². The number of allylic oxidation sites excluding steroid dienone is 2. The Morgan fingerprint density at radius 1 is 1.45 bits per heavy atom. The van der Waals surface area contributed by atoms with Crippen LogP contribution in [-0.4, -0.2) is 7.38 Å². The third-order valence-corrected chi connectivity index (χ3v) is 6.45. The average molecular weight is 187 g/mol. The van der Waals surface area contributed by atoms with Gasteiger partial charge < -0.3 is 0 Å². The second-order valence-electron chi connectivity index (χ2n) is 4.44. The van der Waals surface area contributed by atoms with E-state index in [4.69, 9.17) is 11.1 Å². The van der Waals surface area contributed by atoms with Crippen molar-refractivity contribution < 1.29 is 0 Å². The second kappa shape index (κ2) is 2.37. The molecule has 0 heterocycles. The van der Waals surface area contributed by atoms with Gasteiger partial charge in [0.15, 0.2) is 7.38 Å². The predicted molar refractivity (Wildman–Crippen MR) is 52.5 cm³/mol. The molecule has 2 bridgehead atoms. The number of fused-ring (bicyclic) bond motifs is 2. The highest BCUT2D eigenvalue weighted by Crippen LogP contribution is 2.53. The molecule has 2 aliphatic rings. The minimum Gasteiger partial charge on any atom is -0.167 e. The van der Waals surface area contributed by atoms with Crippen LogP contribution in [0.15, 0.2) is 11.6 Å². The van der Waals surface area contributed by atoms with Gasteiger partial charge in [0.2, 0.25) is 0 Å². The van der Waals surface area contributed by atoms with E-state index in [-0.39, 0.29) is 0 Å². The van der Waals surface area contributed by atoms with Crippen molar-refractivity contribution in [2.45, 2.75) is 37.9 Å². The molecule has 0 aromatic heterocycles. The van der Waals surface area contributed by atoms with Crippen LogP contribution in [-0.2, 0) is 0 Å². The van der Waals surface area contributed by atoms with Crippen LogP contribution in [0.3, 0.4) is 0 Å². The van der Waals surface area contributed by atoms with E-state index in [0.29, 0.717) is 0 Å². The Hall–Kier alpha value is 0.247. The fraction of sp³-hybridized carbons (Fsp3) is 0.778. The van der Waals surface area contributed by atoms with Crippen LogP contribution in [0.4, 0.5) is 0 Å². The highest BCUT2D eigenvalue weighted by atomic mass is 35.6. The third kappa shape index (κ3) is 1.29. The van der Waals surface area contributed by atoms with Crippen molar-refractivity contribution in [1.82, 2.24) is 0 Å². The molecule has 2 atom stereocenters. The highest BCUT2D eigenvalue weighted by Gasteiger charge is 2.43. The first-order valence-corrected chi connectivity index (χ1v) is 8.53. The summed E-state index contributed by atoms with van der Waals surface area (Å²) in [6.45, 7) is 4.58. The molecule has 0 N–H and O–H groups in total. The molecule has 0 nitrogen and oxygen atoms in total. The lowest BCUT2D eigenvalue weighted by atomic mass is 10.1. The fourth-order valence-electron chi connectivity index (χ4n) is 2.55. The first-order valence-electron chi connectivity index (χ1n) is 4.44. The van der Waals surface area contributed by atoms with Crippen molar-refractivity contribution >= 4 is 18.5 Å². The summed E-state index contributed by atoms with van der Waals surface area (Å²) in [6, 6.07) is 0. The lowest BCUT2D eigenvalue weighted by Gasteiger charge is -2.28. The van der Waals surface area contributed by atoms with Crippen LogP contribution >= 0.6 is 11.1 Å². The minimum absolute atomic E-state index is 0.879. The number of hydrogen-bond acceptors (Lipinski definition) is 0. The van der Waals surface area contributed by atoms with Gasteiger partial charge in [0.25, 0.3) is 0 Å². The summed E-state index contributed by atoms with van der Waals surface area (Å²) in [5.74, 6) is 0.934. The lowest BCUT2D eigenvalue weighted by molar-refractivity contribution is 0.564. The van der Waals surface area contributed by atoms with E-state index in [1.165, 1.54) is 19.3 Å². The van der Waals surface area contributed by atoms with Crippen LogP contribution in [0, 0.1) is 5.92 Å². The molecule has 2 rings (SSSR count). The normalized spacial score (nSPS) is 36.1. The zero-order valence-electron chi connectivity index (χ0n) is 7.23. The molecule has 62 valence electrons. The largest absolute Gasteiger partial charge is 0.167 e. The van der Waals surface area contributed by atoms with Gasteiger partial charge in [-0.15, -0.1) is 0 Å². The van der Waals surface area contributed by atoms with E-state index >= 15 is 0 Å². The molecule has 0 aliphatic heterocycles. The average Bonchev–Trinajstić information content (AvgIpc) is 2.42. The first kappa shape index (κ1) is 7.87. The molecule has 0 spiro atoms. The van der Waals surface area contributed by atoms with Gasteiger partial charge in [-0.25, -0.2) is 0 Å². The zero-order chi connectivity index (χ0) is 8.06. The highest BCUT2D eigenvalue weighted by molar-refractivity contribution is 7.19. The summed E-state index contributed by atoms with van der Waals surface area (Å²) in [5.41, 5.74) is 2.57. The van der Waals surface area contributed by atoms with Crippen molar-refractivity contribution in [2.24, 2.45) is 5.92 Å². The van der Waals surface area contributed by atoms with E-state index < -0.39 is 7.38 Å². The predicted octanol–water partition coefficient (Wildman–Crippen LogP) is 3.54. The Kier molecular flexibility index (Phi) is 1.69. The van der Waals surface area contributed by atoms with Crippen LogP contribution in [0.1, 0.15) is 19.3 Å². The molecule has 0 aromatic rings. The smallest absolute Gasteiger partial charge is 0.154 e. The van der Waals surface area contributed by atoms with E-state index in [0.717, 1.165) is 11.5 Å². The van der Waals surface area contributed by atoms with E-state index in [1.807, 2.05) is 0 Å². The maximum atomic E-state index is 6.45. The van der Waals surface area contributed by atoms with E-state index in [9.17, 15) is 0 Å². The fourth-order valence-corrected chi connectivity index (χ4v) is 5.44. The molecular formula is C9H15ClSi. The molecule has 1 fully saturated rings. The van der Waals surface area contributed by atoms with Crippen molar-refractivity contribution in [1.29, 1.82) is 0 Å². The van der Waals surface area contributed by atoms with Gasteiger partial charge in [0.1, 0.15) is 0 Å². The van der Waals surface area contributed by atoms with E-state index in [1.54, 1.807) is 5.57 Å². The molecule has 0 saturated heterocycles. The van der Waals surface area contributed by atoms with Gasteiger partial charge in [-0.05, 0) is 30.7 Å². The number of halogens is 1. The SMILES string of the molecule is C[Si](C)(Cl)C1CC2=CCC1C2. The van der Waals surface area contributed by atoms with Gasteiger partial charge in [-0.1, -0.05) is 24.7 Å². The Morgan fingerprint density at radius 2 is 2.18 bits per heavy atom. The molecular weight excluding hydrogens is 172 g/mol. The van der Waals surface area contributed by atoms with Crippen molar-refractivity contribution in [2.75, 3.05) is 0 Å². The molecule has 11 heavy (non-hydrogen) atoms. The standard InChI is InChI=1S/C9H15ClSi/c1-11(2,10)9-6-7-3-4-8(9)5-7/h3,8-9H,4-6H2,1-2H3. The summed E-state index contributed by atoms with van der Waals surface area (Å²) in [5, 5.41) is 0. The summed E-state index contributed by atoms with van der Waals surface area (Å²) < 4.78 is 0.